The smallest absolute Gasteiger partial charge is 0.0382 e. The Morgan fingerprint density at radius 3 is 1.39 bits per heavy atom. The van der Waals surface area contributed by atoms with E-state index < -0.39 is 0 Å². The molecule has 0 amide bonds. The molecule has 1 aromatic rings. The molecule has 0 aliphatic carbocycles. The lowest BCUT2D eigenvalue weighted by Gasteiger charge is -2.00. The molecule has 0 N–H and O–H groups in total. The van der Waals surface area contributed by atoms with Crippen molar-refractivity contribution in [3.8, 4) is 0 Å². The molecule has 0 aliphatic heterocycles. The Morgan fingerprint density at radius 1 is 0.696 bits per heavy atom. The third-order valence-electron chi connectivity index (χ3n) is 3.89. The van der Waals surface area contributed by atoms with Crippen molar-refractivity contribution in [2.75, 3.05) is 6.54 Å². The van der Waals surface area contributed by atoms with Gasteiger partial charge in [-0.3, -0.25) is 0 Å². The summed E-state index contributed by atoms with van der Waals surface area (Å²) in [6, 6.07) is 8.48. The van der Waals surface area contributed by atoms with Gasteiger partial charge in [-0.2, -0.15) is 0 Å². The van der Waals surface area contributed by atoms with Crippen LogP contribution in [0.3, 0.4) is 0 Å². The van der Waals surface area contributed by atoms with Gasteiger partial charge in [0.25, 0.3) is 0 Å². The van der Waals surface area contributed by atoms with E-state index in [1.807, 2.05) is 0 Å². The molecule has 0 unspecified atom stereocenters. The average molecular weight is 384 g/mol. The van der Waals surface area contributed by atoms with Crippen LogP contribution in [-0.2, 0) is 0 Å². The molecule has 0 atom stereocenters. The van der Waals surface area contributed by atoms with Crippen LogP contribution in [0.15, 0.2) is 29.3 Å². The monoisotopic (exact) mass is 383 g/mol. The molecular formula is C21H38BrN. The number of rotatable bonds is 11. The highest BCUT2D eigenvalue weighted by Gasteiger charge is 1.91. The zero-order valence-corrected chi connectivity index (χ0v) is 17.4. The van der Waals surface area contributed by atoms with E-state index in [2.05, 4.69) is 56.7 Å². The van der Waals surface area contributed by atoms with Crippen molar-refractivity contribution in [2.24, 2.45) is 4.99 Å². The van der Waals surface area contributed by atoms with E-state index in [4.69, 9.17) is 0 Å². The van der Waals surface area contributed by atoms with Crippen LogP contribution in [0.2, 0.25) is 0 Å². The van der Waals surface area contributed by atoms with Gasteiger partial charge in [0, 0.05) is 6.54 Å². The molecule has 0 fully saturated rings. The molecule has 1 aromatic carbocycles. The second kappa shape index (κ2) is 19.4. The number of nitrogens with zero attached hydrogens (tertiary/aromatic N) is 1. The van der Waals surface area contributed by atoms with Crippen molar-refractivity contribution in [2.45, 2.75) is 85.0 Å². The Hall–Kier alpha value is -0.630. The molecule has 0 bridgehead atoms. The summed E-state index contributed by atoms with van der Waals surface area (Å²) >= 11 is 0. The Bertz CT molecular complexity index is 324. The van der Waals surface area contributed by atoms with Crippen LogP contribution < -0.4 is 0 Å². The quantitative estimate of drug-likeness (QED) is 0.277. The van der Waals surface area contributed by atoms with E-state index in [1.165, 1.54) is 75.3 Å². The first kappa shape index (κ1) is 24.6. The summed E-state index contributed by atoms with van der Waals surface area (Å²) < 4.78 is 0. The molecule has 0 spiro atoms. The average Bonchev–Trinajstić information content (AvgIpc) is 2.53. The van der Waals surface area contributed by atoms with Crippen molar-refractivity contribution < 1.29 is 0 Å². The number of unbranched alkanes of at least 4 members (excludes halogenated alkanes) is 9. The van der Waals surface area contributed by atoms with Crippen LogP contribution in [0.4, 0.5) is 0 Å². The van der Waals surface area contributed by atoms with Crippen molar-refractivity contribution in [1.82, 2.24) is 0 Å². The lowest BCUT2D eigenvalue weighted by atomic mass is 10.1. The maximum absolute atomic E-state index is 3.85. The topological polar surface area (TPSA) is 12.4 Å². The summed E-state index contributed by atoms with van der Waals surface area (Å²) in [6.45, 7) is 10.9. The highest BCUT2D eigenvalue weighted by Crippen LogP contribution is 2.10. The summed E-state index contributed by atoms with van der Waals surface area (Å²) in [5.41, 5.74) is 2.66. The highest BCUT2D eigenvalue weighted by molar-refractivity contribution is 8.93. The summed E-state index contributed by atoms with van der Waals surface area (Å²) in [5.74, 6) is 0. The Labute approximate surface area is 155 Å². The summed E-state index contributed by atoms with van der Waals surface area (Å²) in [6.07, 6.45) is 13.9. The van der Waals surface area contributed by atoms with Gasteiger partial charge in [0.15, 0.2) is 0 Å². The summed E-state index contributed by atoms with van der Waals surface area (Å²) in [5, 5.41) is 0. The fraction of sp³-hybridized carbons (Fsp3) is 0.667. The largest absolute Gasteiger partial charge is 0.301 e. The second-order valence-electron chi connectivity index (χ2n) is 6.28. The fourth-order valence-electron chi connectivity index (χ4n) is 2.35. The molecule has 1 rings (SSSR count). The SMILES string of the molecule is Br.C=NCCCCCCCCCCCC.Cc1ccc(C)cc1. The minimum Gasteiger partial charge on any atom is -0.301 e. The van der Waals surface area contributed by atoms with E-state index in [0.29, 0.717) is 0 Å². The van der Waals surface area contributed by atoms with Crippen molar-refractivity contribution in [3.05, 3.63) is 35.4 Å². The predicted octanol–water partition coefficient (Wildman–Crippen LogP) is 7.49. The van der Waals surface area contributed by atoms with Crippen LogP contribution in [-0.4, -0.2) is 13.3 Å². The summed E-state index contributed by atoms with van der Waals surface area (Å²) in [4.78, 5) is 3.85. The van der Waals surface area contributed by atoms with E-state index in [1.54, 1.807) is 0 Å². The van der Waals surface area contributed by atoms with E-state index in [0.717, 1.165) is 6.54 Å². The molecule has 0 aliphatic rings. The Kier molecular flexibility index (Phi) is 20.8. The first-order chi connectivity index (χ1) is 10.7. The van der Waals surface area contributed by atoms with Gasteiger partial charge in [0.2, 0.25) is 0 Å². The second-order valence-corrected chi connectivity index (χ2v) is 6.28. The number of aryl methyl sites for hydroxylation is 2. The minimum absolute atomic E-state index is 0. The zero-order chi connectivity index (χ0) is 16.5. The molecule has 0 aromatic heterocycles. The number of hydrogen-bond donors (Lipinski definition) is 0. The fourth-order valence-corrected chi connectivity index (χ4v) is 2.35. The molecule has 0 heterocycles. The number of benzene rings is 1. The van der Waals surface area contributed by atoms with Gasteiger partial charge in [-0.25, -0.2) is 0 Å². The molecular weight excluding hydrogens is 346 g/mol. The predicted molar refractivity (Wildman–Crippen MR) is 112 cm³/mol. The first-order valence-electron chi connectivity index (χ1n) is 9.16. The van der Waals surface area contributed by atoms with Crippen LogP contribution in [0.1, 0.15) is 82.3 Å². The van der Waals surface area contributed by atoms with Gasteiger partial charge in [-0.15, -0.1) is 17.0 Å². The van der Waals surface area contributed by atoms with Crippen molar-refractivity contribution in [3.63, 3.8) is 0 Å². The highest BCUT2D eigenvalue weighted by atomic mass is 79.9. The molecule has 134 valence electrons. The molecule has 1 nitrogen and oxygen atoms in total. The lowest BCUT2D eigenvalue weighted by Crippen LogP contribution is -1.83. The number of halogens is 1. The van der Waals surface area contributed by atoms with Gasteiger partial charge in [0.05, 0.1) is 0 Å². The van der Waals surface area contributed by atoms with Gasteiger partial charge in [0.1, 0.15) is 0 Å². The van der Waals surface area contributed by atoms with Crippen molar-refractivity contribution in [1.29, 1.82) is 0 Å². The van der Waals surface area contributed by atoms with Crippen molar-refractivity contribution >= 4 is 23.7 Å². The van der Waals surface area contributed by atoms with Gasteiger partial charge < -0.3 is 4.99 Å². The molecule has 0 saturated heterocycles. The molecule has 23 heavy (non-hydrogen) atoms. The van der Waals surface area contributed by atoms with E-state index in [-0.39, 0.29) is 17.0 Å². The Balaban J connectivity index is 0. The van der Waals surface area contributed by atoms with Crippen LogP contribution in [0.25, 0.3) is 0 Å². The minimum atomic E-state index is 0. The first-order valence-corrected chi connectivity index (χ1v) is 9.16. The molecule has 2 heteroatoms. The van der Waals surface area contributed by atoms with E-state index >= 15 is 0 Å². The number of hydrogen-bond acceptors (Lipinski definition) is 1. The normalized spacial score (nSPS) is 9.52. The molecule has 0 saturated carbocycles. The zero-order valence-electron chi connectivity index (χ0n) is 15.7. The third-order valence-corrected chi connectivity index (χ3v) is 3.89. The molecule has 0 radical (unpaired) electrons. The Morgan fingerprint density at radius 2 is 1.04 bits per heavy atom. The van der Waals surface area contributed by atoms with E-state index in [9.17, 15) is 0 Å². The van der Waals surface area contributed by atoms with Crippen LogP contribution in [0.5, 0.6) is 0 Å². The maximum atomic E-state index is 3.85. The lowest BCUT2D eigenvalue weighted by molar-refractivity contribution is 0.558. The van der Waals surface area contributed by atoms with Gasteiger partial charge >= 0.3 is 0 Å². The third kappa shape index (κ3) is 19.3. The van der Waals surface area contributed by atoms with Gasteiger partial charge in [-0.1, -0.05) is 100 Å². The maximum Gasteiger partial charge on any atom is 0.0382 e. The number of aliphatic imine (C=N–C) groups is 1. The van der Waals surface area contributed by atoms with Gasteiger partial charge in [-0.05, 0) is 27.0 Å². The van der Waals surface area contributed by atoms with Crippen LogP contribution >= 0.6 is 17.0 Å². The van der Waals surface area contributed by atoms with Crippen LogP contribution in [0, 0.1) is 13.8 Å². The summed E-state index contributed by atoms with van der Waals surface area (Å²) in [7, 11) is 0. The standard InChI is InChI=1S/C13H27N.C8H10.BrH/c1-3-4-5-6-7-8-9-10-11-12-13-14-2;1-7-3-5-8(2)6-4-7;/h2-13H2,1H3;3-6H,1-2H3;1H.